The molecular weight excluding hydrogens is 356 g/mol. The first-order valence-electron chi connectivity index (χ1n) is 7.41. The van der Waals surface area contributed by atoms with Crippen molar-refractivity contribution < 1.29 is 9.32 Å². The summed E-state index contributed by atoms with van der Waals surface area (Å²) in [7, 11) is 0. The molecule has 0 bridgehead atoms. The van der Waals surface area contributed by atoms with Gasteiger partial charge in [-0.2, -0.15) is 0 Å². The Morgan fingerprint density at radius 3 is 2.84 bits per heavy atom. The number of nitrogens with zero attached hydrogens (tertiary/aromatic N) is 3. The Morgan fingerprint density at radius 2 is 2.08 bits per heavy atom. The monoisotopic (exact) mass is 368 g/mol. The summed E-state index contributed by atoms with van der Waals surface area (Å²) in [5.41, 5.74) is 2.46. The highest BCUT2D eigenvalue weighted by atomic mass is 32.1. The molecule has 0 atom stereocenters. The summed E-state index contributed by atoms with van der Waals surface area (Å²) in [6.07, 6.45) is 1.71. The lowest BCUT2D eigenvalue weighted by Crippen LogP contribution is -2.13. The summed E-state index contributed by atoms with van der Waals surface area (Å²) in [6.45, 7) is 1.72. The van der Waals surface area contributed by atoms with E-state index in [9.17, 15) is 4.79 Å². The highest BCUT2D eigenvalue weighted by Gasteiger charge is 2.23. The number of carbonyl (C=O) groups excluding carboxylic acids is 1. The number of amides is 1. The maximum Gasteiger partial charge on any atom is 0.263 e. The van der Waals surface area contributed by atoms with E-state index in [4.69, 9.17) is 4.52 Å². The summed E-state index contributed by atoms with van der Waals surface area (Å²) < 4.78 is 5.22. The Bertz CT molecular complexity index is 1010. The van der Waals surface area contributed by atoms with E-state index in [1.54, 1.807) is 13.1 Å². The van der Waals surface area contributed by atoms with Crippen molar-refractivity contribution in [1.82, 2.24) is 15.1 Å². The lowest BCUT2D eigenvalue weighted by Gasteiger charge is -2.01. The third-order valence-electron chi connectivity index (χ3n) is 3.50. The minimum absolute atomic E-state index is 0.288. The Morgan fingerprint density at radius 1 is 1.16 bits per heavy atom. The first kappa shape index (κ1) is 15.7. The quantitative estimate of drug-likeness (QED) is 0.574. The van der Waals surface area contributed by atoms with E-state index >= 15 is 0 Å². The van der Waals surface area contributed by atoms with Crippen molar-refractivity contribution in [2.24, 2.45) is 0 Å². The summed E-state index contributed by atoms with van der Waals surface area (Å²) in [5, 5.41) is 11.1. The molecule has 0 unspecified atom stereocenters. The molecule has 0 aromatic carbocycles. The number of aromatic nitrogens is 3. The van der Waals surface area contributed by atoms with Gasteiger partial charge in [-0.05, 0) is 30.5 Å². The first-order valence-corrected chi connectivity index (χ1v) is 9.17. The number of thiophene rings is 1. The van der Waals surface area contributed by atoms with Crippen LogP contribution in [0, 0.1) is 6.92 Å². The van der Waals surface area contributed by atoms with E-state index in [-0.39, 0.29) is 5.91 Å². The van der Waals surface area contributed by atoms with Crippen molar-refractivity contribution >= 4 is 33.7 Å². The molecule has 0 spiro atoms. The topological polar surface area (TPSA) is 80.9 Å². The van der Waals surface area contributed by atoms with Gasteiger partial charge in [0.2, 0.25) is 0 Å². The zero-order valence-corrected chi connectivity index (χ0v) is 14.7. The van der Waals surface area contributed by atoms with Gasteiger partial charge in [-0.3, -0.25) is 15.1 Å². The van der Waals surface area contributed by atoms with Crippen LogP contribution in [0.15, 0.2) is 51.8 Å². The molecule has 4 rings (SSSR count). The fraction of sp³-hybridized carbons (Fsp3) is 0.0588. The summed E-state index contributed by atoms with van der Waals surface area (Å²) in [4.78, 5) is 22.3. The van der Waals surface area contributed by atoms with Gasteiger partial charge >= 0.3 is 0 Å². The third-order valence-corrected chi connectivity index (χ3v) is 5.13. The smallest absolute Gasteiger partial charge is 0.263 e. The molecule has 0 saturated heterocycles. The number of anilines is 1. The number of pyridine rings is 1. The average molecular weight is 368 g/mol. The number of rotatable bonds is 4. The number of aryl methyl sites for hydroxylation is 1. The van der Waals surface area contributed by atoms with Gasteiger partial charge in [0.15, 0.2) is 5.13 Å². The standard InChI is InChI=1S/C17H12N4O2S2/c1-10-14(15(21-23-10)13-6-4-8-24-13)16(22)20-17-19-12(9-25-17)11-5-2-3-7-18-11/h2-9H,1H3,(H,19,20,22). The third kappa shape index (κ3) is 3.09. The molecule has 0 aliphatic rings. The minimum Gasteiger partial charge on any atom is -0.360 e. The maximum atomic E-state index is 12.7. The van der Waals surface area contributed by atoms with Crippen molar-refractivity contribution in [3.05, 3.63) is 58.6 Å². The van der Waals surface area contributed by atoms with Crippen LogP contribution in [0.4, 0.5) is 5.13 Å². The number of thiazole rings is 1. The molecule has 0 fully saturated rings. The van der Waals surface area contributed by atoms with Crippen molar-refractivity contribution in [3.8, 4) is 22.0 Å². The van der Waals surface area contributed by atoms with Crippen LogP contribution in [0.3, 0.4) is 0 Å². The van der Waals surface area contributed by atoms with Crippen LogP contribution >= 0.6 is 22.7 Å². The Labute approximate surface area is 151 Å². The molecule has 8 heteroatoms. The van der Waals surface area contributed by atoms with Crippen LogP contribution in [0.5, 0.6) is 0 Å². The van der Waals surface area contributed by atoms with Gasteiger partial charge in [0.25, 0.3) is 5.91 Å². The molecule has 25 heavy (non-hydrogen) atoms. The molecule has 0 aliphatic carbocycles. The zero-order chi connectivity index (χ0) is 17.2. The molecule has 4 aromatic heterocycles. The molecule has 124 valence electrons. The molecule has 6 nitrogen and oxygen atoms in total. The second-order valence-corrected chi connectivity index (χ2v) is 6.95. The molecule has 1 amide bonds. The highest BCUT2D eigenvalue weighted by Crippen LogP contribution is 2.30. The van der Waals surface area contributed by atoms with Gasteiger partial charge < -0.3 is 4.52 Å². The summed E-state index contributed by atoms with van der Waals surface area (Å²) >= 11 is 2.85. The predicted octanol–water partition coefficient (Wildman–Crippen LogP) is 4.48. The van der Waals surface area contributed by atoms with Crippen LogP contribution in [-0.2, 0) is 0 Å². The molecular formula is C17H12N4O2S2. The van der Waals surface area contributed by atoms with Gasteiger partial charge in [-0.1, -0.05) is 17.3 Å². The number of hydrogen-bond acceptors (Lipinski definition) is 7. The second kappa shape index (κ2) is 6.58. The van der Waals surface area contributed by atoms with E-state index in [1.165, 1.54) is 22.7 Å². The van der Waals surface area contributed by atoms with Crippen LogP contribution in [0.2, 0.25) is 0 Å². The van der Waals surface area contributed by atoms with Gasteiger partial charge in [-0.25, -0.2) is 4.98 Å². The van der Waals surface area contributed by atoms with Gasteiger partial charge in [0, 0.05) is 11.6 Å². The van der Waals surface area contributed by atoms with Crippen LogP contribution in [-0.4, -0.2) is 21.0 Å². The summed E-state index contributed by atoms with van der Waals surface area (Å²) in [5.74, 6) is 0.187. The largest absolute Gasteiger partial charge is 0.360 e. The number of hydrogen-bond donors (Lipinski definition) is 1. The van der Waals surface area contributed by atoms with Gasteiger partial charge in [-0.15, -0.1) is 22.7 Å². The number of carbonyl (C=O) groups is 1. The van der Waals surface area contributed by atoms with Crippen LogP contribution in [0.1, 0.15) is 16.1 Å². The molecule has 4 heterocycles. The van der Waals surface area contributed by atoms with Gasteiger partial charge in [0.1, 0.15) is 22.7 Å². The second-order valence-electron chi connectivity index (χ2n) is 5.15. The Kier molecular flexibility index (Phi) is 4.12. The highest BCUT2D eigenvalue weighted by molar-refractivity contribution is 7.14. The zero-order valence-electron chi connectivity index (χ0n) is 13.1. The Hall–Kier alpha value is -2.84. The van der Waals surface area contributed by atoms with Crippen molar-refractivity contribution in [1.29, 1.82) is 0 Å². The van der Waals surface area contributed by atoms with E-state index in [2.05, 4.69) is 20.4 Å². The SMILES string of the molecule is Cc1onc(-c2cccs2)c1C(=O)Nc1nc(-c2ccccn2)cs1. The van der Waals surface area contributed by atoms with E-state index in [0.29, 0.717) is 22.1 Å². The average Bonchev–Trinajstić information content (AvgIpc) is 3.35. The van der Waals surface area contributed by atoms with Crippen LogP contribution in [0.25, 0.3) is 22.0 Å². The minimum atomic E-state index is -0.288. The van der Waals surface area contributed by atoms with Crippen molar-refractivity contribution in [2.75, 3.05) is 5.32 Å². The normalized spacial score (nSPS) is 10.8. The fourth-order valence-electron chi connectivity index (χ4n) is 2.34. The summed E-state index contributed by atoms with van der Waals surface area (Å²) in [6, 6.07) is 9.43. The van der Waals surface area contributed by atoms with Crippen molar-refractivity contribution in [2.45, 2.75) is 6.92 Å². The van der Waals surface area contributed by atoms with Gasteiger partial charge in [0.05, 0.1) is 10.6 Å². The van der Waals surface area contributed by atoms with E-state index < -0.39 is 0 Å². The maximum absolute atomic E-state index is 12.7. The molecule has 1 N–H and O–H groups in total. The van der Waals surface area contributed by atoms with Crippen molar-refractivity contribution in [3.63, 3.8) is 0 Å². The number of nitrogens with one attached hydrogen (secondary N) is 1. The lowest BCUT2D eigenvalue weighted by atomic mass is 10.1. The van der Waals surface area contributed by atoms with E-state index in [0.717, 1.165) is 16.3 Å². The predicted molar refractivity (Wildman–Crippen MR) is 97.9 cm³/mol. The first-order chi connectivity index (χ1) is 12.2. The molecule has 4 aromatic rings. The van der Waals surface area contributed by atoms with Crippen LogP contribution < -0.4 is 5.32 Å². The van der Waals surface area contributed by atoms with E-state index in [1.807, 2.05) is 41.1 Å². The lowest BCUT2D eigenvalue weighted by molar-refractivity contribution is 0.102. The molecule has 0 saturated carbocycles. The fourth-order valence-corrected chi connectivity index (χ4v) is 3.75. The molecule has 0 radical (unpaired) electrons. The molecule has 0 aliphatic heterocycles. The Balaban J connectivity index is 1.60.